The molecule has 0 fully saturated rings. The molecule has 0 saturated heterocycles. The molecule has 0 bridgehead atoms. The molecule has 0 aliphatic heterocycles. The average Bonchev–Trinajstić information content (AvgIpc) is 3.11. The fourth-order valence-electron chi connectivity index (χ4n) is 3.09. The van der Waals surface area contributed by atoms with Crippen molar-refractivity contribution in [3.63, 3.8) is 0 Å². The van der Waals surface area contributed by atoms with Gasteiger partial charge in [0, 0.05) is 17.5 Å². The summed E-state index contributed by atoms with van der Waals surface area (Å²) in [5, 5.41) is 15.6. The van der Waals surface area contributed by atoms with Crippen LogP contribution in [0.3, 0.4) is 0 Å². The number of rotatable bonds is 7. The van der Waals surface area contributed by atoms with Gasteiger partial charge in [-0.25, -0.2) is 4.98 Å². The number of amides is 1. The molecule has 3 aromatic rings. The molecule has 0 saturated carbocycles. The van der Waals surface area contributed by atoms with Gasteiger partial charge in [-0.1, -0.05) is 30.3 Å². The van der Waals surface area contributed by atoms with E-state index in [-0.39, 0.29) is 12.5 Å². The Morgan fingerprint density at radius 2 is 1.93 bits per heavy atom. The Hall–Kier alpha value is -2.54. The quantitative estimate of drug-likeness (QED) is 0.642. The Kier molecular flexibility index (Phi) is 6.57. The molecule has 1 amide bonds. The second-order valence-electron chi connectivity index (χ2n) is 7.01. The minimum atomic E-state index is -0.124. The lowest BCUT2D eigenvalue weighted by atomic mass is 9.97. The van der Waals surface area contributed by atoms with Crippen LogP contribution in [0, 0.1) is 6.92 Å². The van der Waals surface area contributed by atoms with Crippen molar-refractivity contribution in [3.05, 3.63) is 75.2 Å². The summed E-state index contributed by atoms with van der Waals surface area (Å²) in [4.78, 5) is 18.8. The third kappa shape index (κ3) is 5.04. The first-order chi connectivity index (χ1) is 13.5. The molecule has 2 N–H and O–H groups in total. The molecule has 0 spiro atoms. The summed E-state index contributed by atoms with van der Waals surface area (Å²) in [5.41, 5.74) is 5.48. The Morgan fingerprint density at radius 1 is 1.18 bits per heavy atom. The summed E-state index contributed by atoms with van der Waals surface area (Å²) in [5.74, 6) is -0.124. The molecule has 5 nitrogen and oxygen atoms in total. The van der Waals surface area contributed by atoms with Gasteiger partial charge in [0.25, 0.3) is 5.91 Å². The number of nitrogens with one attached hydrogen (secondary N) is 1. The van der Waals surface area contributed by atoms with Crippen LogP contribution in [0.2, 0.25) is 0 Å². The second kappa shape index (κ2) is 9.10. The smallest absolute Gasteiger partial charge is 0.251 e. The number of hydrogen-bond donors (Lipinski definition) is 2. The molecule has 3 rings (SSSR count). The van der Waals surface area contributed by atoms with E-state index < -0.39 is 0 Å². The number of benzene rings is 2. The number of aliphatic hydroxyl groups excluding tert-OH is 1. The van der Waals surface area contributed by atoms with Gasteiger partial charge in [-0.3, -0.25) is 4.79 Å². The molecule has 28 heavy (non-hydrogen) atoms. The highest BCUT2D eigenvalue weighted by Gasteiger charge is 2.10. The van der Waals surface area contributed by atoms with Crippen molar-refractivity contribution in [2.75, 3.05) is 14.1 Å². The SMILES string of the molecule is Cc1nc(CNC(=O)c2ccc(-c3ccc(CN(C)C)cc3CO)cc2)cs1. The van der Waals surface area contributed by atoms with Crippen LogP contribution in [0.1, 0.15) is 32.2 Å². The fourth-order valence-corrected chi connectivity index (χ4v) is 3.70. The largest absolute Gasteiger partial charge is 0.392 e. The van der Waals surface area contributed by atoms with Crippen molar-refractivity contribution >= 4 is 17.2 Å². The van der Waals surface area contributed by atoms with Gasteiger partial charge in [-0.15, -0.1) is 11.3 Å². The van der Waals surface area contributed by atoms with Crippen molar-refractivity contribution in [2.45, 2.75) is 26.6 Å². The molecule has 146 valence electrons. The number of aromatic nitrogens is 1. The number of nitrogens with zero attached hydrogens (tertiary/aromatic N) is 2. The van der Waals surface area contributed by atoms with Crippen LogP contribution in [0.25, 0.3) is 11.1 Å². The van der Waals surface area contributed by atoms with Gasteiger partial charge in [0.05, 0.1) is 23.9 Å². The van der Waals surface area contributed by atoms with Crippen molar-refractivity contribution in [1.82, 2.24) is 15.2 Å². The van der Waals surface area contributed by atoms with Gasteiger partial charge in [-0.05, 0) is 55.4 Å². The third-order valence-corrected chi connectivity index (χ3v) is 5.22. The maximum Gasteiger partial charge on any atom is 0.251 e. The van der Waals surface area contributed by atoms with Crippen molar-refractivity contribution in [1.29, 1.82) is 0 Å². The fraction of sp³-hybridized carbons (Fsp3) is 0.273. The molecular weight excluding hydrogens is 370 g/mol. The molecule has 0 aliphatic rings. The van der Waals surface area contributed by atoms with E-state index in [2.05, 4.69) is 21.3 Å². The molecule has 2 aromatic carbocycles. The Morgan fingerprint density at radius 3 is 2.54 bits per heavy atom. The predicted octanol–water partition coefficient (Wildman–Crippen LogP) is 3.60. The van der Waals surface area contributed by atoms with Crippen molar-refractivity contribution in [3.8, 4) is 11.1 Å². The monoisotopic (exact) mass is 395 g/mol. The van der Waals surface area contributed by atoms with Crippen LogP contribution < -0.4 is 5.32 Å². The van der Waals surface area contributed by atoms with Gasteiger partial charge >= 0.3 is 0 Å². The number of carbonyl (C=O) groups excluding carboxylic acids is 1. The minimum absolute atomic E-state index is 0.0219. The van der Waals surface area contributed by atoms with E-state index in [0.717, 1.165) is 39.5 Å². The van der Waals surface area contributed by atoms with E-state index in [4.69, 9.17) is 0 Å². The summed E-state index contributed by atoms with van der Waals surface area (Å²) >= 11 is 1.57. The first-order valence-electron chi connectivity index (χ1n) is 9.13. The first kappa shape index (κ1) is 20.2. The van der Waals surface area contributed by atoms with E-state index in [1.54, 1.807) is 11.3 Å². The summed E-state index contributed by atoms with van der Waals surface area (Å²) in [7, 11) is 4.04. The molecule has 0 atom stereocenters. The summed E-state index contributed by atoms with van der Waals surface area (Å²) in [6.07, 6.45) is 0. The number of aryl methyl sites for hydroxylation is 1. The highest BCUT2D eigenvalue weighted by molar-refractivity contribution is 7.09. The topological polar surface area (TPSA) is 65.5 Å². The molecular formula is C22H25N3O2S. The summed E-state index contributed by atoms with van der Waals surface area (Å²) in [6, 6.07) is 13.6. The van der Waals surface area contributed by atoms with Gasteiger partial charge in [0.1, 0.15) is 0 Å². The lowest BCUT2D eigenvalue weighted by molar-refractivity contribution is 0.0950. The highest BCUT2D eigenvalue weighted by Crippen LogP contribution is 2.26. The van der Waals surface area contributed by atoms with E-state index >= 15 is 0 Å². The molecule has 1 aromatic heterocycles. The normalized spacial score (nSPS) is 11.0. The minimum Gasteiger partial charge on any atom is -0.392 e. The maximum atomic E-state index is 12.4. The van der Waals surface area contributed by atoms with Crippen LogP contribution in [0.15, 0.2) is 47.8 Å². The second-order valence-corrected chi connectivity index (χ2v) is 8.07. The summed E-state index contributed by atoms with van der Waals surface area (Å²) in [6.45, 7) is 3.17. The van der Waals surface area contributed by atoms with Crippen LogP contribution >= 0.6 is 11.3 Å². The molecule has 1 heterocycles. The number of hydrogen-bond acceptors (Lipinski definition) is 5. The van der Waals surface area contributed by atoms with E-state index in [1.807, 2.05) is 62.8 Å². The Bertz CT molecular complexity index is 949. The van der Waals surface area contributed by atoms with Crippen LogP contribution in [-0.2, 0) is 19.7 Å². The van der Waals surface area contributed by atoms with Gasteiger partial charge < -0.3 is 15.3 Å². The van der Waals surface area contributed by atoms with Gasteiger partial charge in [0.15, 0.2) is 0 Å². The predicted molar refractivity (Wildman–Crippen MR) is 113 cm³/mol. The number of thiazole rings is 1. The molecule has 0 unspecified atom stereocenters. The van der Waals surface area contributed by atoms with Crippen molar-refractivity contribution in [2.24, 2.45) is 0 Å². The van der Waals surface area contributed by atoms with Crippen LogP contribution in [0.5, 0.6) is 0 Å². The van der Waals surface area contributed by atoms with Gasteiger partial charge in [0.2, 0.25) is 0 Å². The van der Waals surface area contributed by atoms with E-state index in [0.29, 0.717) is 12.1 Å². The van der Waals surface area contributed by atoms with Gasteiger partial charge in [-0.2, -0.15) is 0 Å². The van der Waals surface area contributed by atoms with Crippen LogP contribution in [-0.4, -0.2) is 35.0 Å². The average molecular weight is 396 g/mol. The molecule has 0 radical (unpaired) electrons. The Balaban J connectivity index is 1.72. The molecule has 6 heteroatoms. The highest BCUT2D eigenvalue weighted by atomic mass is 32.1. The van der Waals surface area contributed by atoms with E-state index in [9.17, 15) is 9.90 Å². The standard InChI is InChI=1S/C22H25N3O2S/c1-15-24-20(14-28-15)11-23-22(27)18-7-5-17(6-8-18)21-9-4-16(12-25(2)3)10-19(21)13-26/h4-10,14,26H,11-13H2,1-3H3,(H,23,27). The zero-order chi connectivity index (χ0) is 20.1. The zero-order valence-electron chi connectivity index (χ0n) is 16.4. The number of aliphatic hydroxyl groups is 1. The first-order valence-corrected chi connectivity index (χ1v) is 10.0. The summed E-state index contributed by atoms with van der Waals surface area (Å²) < 4.78 is 0. The maximum absolute atomic E-state index is 12.4. The molecule has 0 aliphatic carbocycles. The van der Waals surface area contributed by atoms with Crippen molar-refractivity contribution < 1.29 is 9.90 Å². The zero-order valence-corrected chi connectivity index (χ0v) is 17.2. The van der Waals surface area contributed by atoms with Crippen LogP contribution in [0.4, 0.5) is 0 Å². The van der Waals surface area contributed by atoms with E-state index in [1.165, 1.54) is 0 Å². The number of carbonyl (C=O) groups is 1. The Labute approximate surface area is 169 Å². The lowest BCUT2D eigenvalue weighted by Gasteiger charge is -2.14. The third-order valence-electron chi connectivity index (χ3n) is 4.39. The lowest BCUT2D eigenvalue weighted by Crippen LogP contribution is -2.22.